The summed E-state index contributed by atoms with van der Waals surface area (Å²) in [5.74, 6) is 2.32. The molecule has 0 spiro atoms. The molecular formula is C23H28ClF3N6S. The average molecular weight is 513 g/mol. The smallest absolute Gasteiger partial charge is 0.305 e. The molecule has 1 aliphatic heterocycles. The fourth-order valence-electron chi connectivity index (χ4n) is 5.04. The van der Waals surface area contributed by atoms with Crippen LogP contribution in [0.3, 0.4) is 0 Å². The Kier molecular flexibility index (Phi) is 6.78. The van der Waals surface area contributed by atoms with Crippen LogP contribution in [0.2, 0.25) is 0 Å². The fourth-order valence-corrected chi connectivity index (χ4v) is 5.87. The first-order valence-corrected chi connectivity index (χ1v) is 12.1. The molecule has 3 heterocycles. The number of hydrogen-bond donors (Lipinski definition) is 0. The molecule has 5 rings (SSSR count). The molecule has 0 radical (unpaired) electrons. The average Bonchev–Trinajstić information content (AvgIpc) is 3.01. The second kappa shape index (κ2) is 9.20. The summed E-state index contributed by atoms with van der Waals surface area (Å²) < 4.78 is 42.4. The predicted molar refractivity (Wildman–Crippen MR) is 128 cm³/mol. The summed E-state index contributed by atoms with van der Waals surface area (Å²) in [5.41, 5.74) is 2.57. The van der Waals surface area contributed by atoms with E-state index in [0.717, 1.165) is 66.0 Å². The van der Waals surface area contributed by atoms with Crippen LogP contribution < -0.4 is 0 Å². The number of likely N-dealkylation sites (tertiary alicyclic amines) is 1. The molecule has 1 saturated carbocycles. The Bertz CT molecular complexity index is 1160. The largest absolute Gasteiger partial charge is 0.416 e. The number of benzene rings is 1. The molecule has 0 bridgehead atoms. The molecule has 184 valence electrons. The first-order chi connectivity index (χ1) is 15.7. The van der Waals surface area contributed by atoms with Gasteiger partial charge in [0, 0.05) is 44.0 Å². The van der Waals surface area contributed by atoms with Gasteiger partial charge in [0.15, 0.2) is 11.0 Å². The number of alkyl halides is 3. The van der Waals surface area contributed by atoms with Gasteiger partial charge in [-0.05, 0) is 49.9 Å². The van der Waals surface area contributed by atoms with Crippen LogP contribution in [0.15, 0.2) is 35.6 Å². The van der Waals surface area contributed by atoms with E-state index in [1.165, 1.54) is 12.1 Å². The minimum Gasteiger partial charge on any atom is -0.305 e. The normalized spacial score (nSPS) is 22.0. The van der Waals surface area contributed by atoms with Crippen LogP contribution in [0.4, 0.5) is 13.2 Å². The molecule has 3 aromatic rings. The van der Waals surface area contributed by atoms with Crippen LogP contribution in [0, 0.1) is 12.8 Å². The first-order valence-electron chi connectivity index (χ1n) is 11.1. The van der Waals surface area contributed by atoms with E-state index in [9.17, 15) is 13.2 Å². The van der Waals surface area contributed by atoms with Crippen molar-refractivity contribution in [3.63, 3.8) is 0 Å². The van der Waals surface area contributed by atoms with E-state index >= 15 is 0 Å². The number of aryl methyl sites for hydroxylation is 1. The van der Waals surface area contributed by atoms with E-state index in [4.69, 9.17) is 0 Å². The van der Waals surface area contributed by atoms with Gasteiger partial charge < -0.3 is 9.47 Å². The molecule has 2 fully saturated rings. The number of halogens is 4. The van der Waals surface area contributed by atoms with Crippen molar-refractivity contribution in [2.45, 2.75) is 36.5 Å². The van der Waals surface area contributed by atoms with Gasteiger partial charge >= 0.3 is 6.18 Å². The van der Waals surface area contributed by atoms with Crippen molar-refractivity contribution in [3.05, 3.63) is 47.3 Å². The highest BCUT2D eigenvalue weighted by Crippen LogP contribution is 2.59. The van der Waals surface area contributed by atoms with Gasteiger partial charge in [-0.1, -0.05) is 23.9 Å². The molecule has 0 N–H and O–H groups in total. The lowest BCUT2D eigenvalue weighted by Crippen LogP contribution is -2.28. The van der Waals surface area contributed by atoms with E-state index in [-0.39, 0.29) is 17.8 Å². The van der Waals surface area contributed by atoms with Crippen LogP contribution in [0.25, 0.3) is 11.4 Å². The molecule has 1 aliphatic carbocycles. The number of rotatable bonds is 7. The topological polar surface area (TPSA) is 51.8 Å². The molecule has 1 aromatic carbocycles. The highest BCUT2D eigenvalue weighted by atomic mass is 35.5. The Balaban J connectivity index is 0.00000274. The van der Waals surface area contributed by atoms with Crippen LogP contribution >= 0.6 is 24.2 Å². The Labute approximate surface area is 207 Å². The zero-order valence-electron chi connectivity index (χ0n) is 19.3. The van der Waals surface area contributed by atoms with Gasteiger partial charge in [-0.3, -0.25) is 4.68 Å². The van der Waals surface area contributed by atoms with Crippen molar-refractivity contribution in [2.24, 2.45) is 20.0 Å². The van der Waals surface area contributed by atoms with Crippen molar-refractivity contribution in [1.29, 1.82) is 0 Å². The fraction of sp³-hybridized carbons (Fsp3) is 0.522. The maximum absolute atomic E-state index is 12.9. The molecule has 11 heteroatoms. The molecule has 2 atom stereocenters. The van der Waals surface area contributed by atoms with Crippen molar-refractivity contribution in [1.82, 2.24) is 29.4 Å². The third-order valence-electron chi connectivity index (χ3n) is 7.16. The van der Waals surface area contributed by atoms with Crippen LogP contribution in [0.5, 0.6) is 0 Å². The molecule has 0 amide bonds. The van der Waals surface area contributed by atoms with Gasteiger partial charge in [0.2, 0.25) is 0 Å². The standard InChI is InChI=1S/C23H27F3N6S.ClH/c1-15-19(12-27-31(15)3)20-28-29-21(30(20)2)33-10-4-9-32-13-18-11-22(18,14-32)16-5-7-17(8-6-16)23(24,25)26;/h5-8,12,18H,4,9-11,13-14H2,1-3H3;1H. The van der Waals surface area contributed by atoms with Crippen LogP contribution in [-0.2, 0) is 25.7 Å². The minimum absolute atomic E-state index is 0. The maximum Gasteiger partial charge on any atom is 0.416 e. The lowest BCUT2D eigenvalue weighted by molar-refractivity contribution is -0.137. The molecule has 2 unspecified atom stereocenters. The van der Waals surface area contributed by atoms with Gasteiger partial charge in [0.25, 0.3) is 0 Å². The van der Waals surface area contributed by atoms with Crippen molar-refractivity contribution < 1.29 is 13.2 Å². The second-order valence-corrected chi connectivity index (χ2v) is 10.3. The highest BCUT2D eigenvalue weighted by molar-refractivity contribution is 7.99. The molecule has 1 saturated heterocycles. The highest BCUT2D eigenvalue weighted by Gasteiger charge is 2.60. The lowest BCUT2D eigenvalue weighted by Gasteiger charge is -2.21. The van der Waals surface area contributed by atoms with Crippen molar-refractivity contribution in [2.75, 3.05) is 25.4 Å². The Morgan fingerprint density at radius 2 is 1.88 bits per heavy atom. The lowest BCUT2D eigenvalue weighted by atomic mass is 9.94. The van der Waals surface area contributed by atoms with Crippen molar-refractivity contribution >= 4 is 24.2 Å². The summed E-state index contributed by atoms with van der Waals surface area (Å²) >= 11 is 1.70. The maximum atomic E-state index is 12.9. The molecular weight excluding hydrogens is 485 g/mol. The molecule has 2 aliphatic rings. The monoisotopic (exact) mass is 512 g/mol. The first kappa shape index (κ1) is 25.1. The molecule has 6 nitrogen and oxygen atoms in total. The van der Waals surface area contributed by atoms with Gasteiger partial charge in [0.1, 0.15) is 0 Å². The third kappa shape index (κ3) is 4.47. The summed E-state index contributed by atoms with van der Waals surface area (Å²) in [6, 6.07) is 5.80. The van der Waals surface area contributed by atoms with Gasteiger partial charge in [-0.2, -0.15) is 18.3 Å². The van der Waals surface area contributed by atoms with E-state index < -0.39 is 11.7 Å². The van der Waals surface area contributed by atoms with E-state index in [1.54, 1.807) is 23.9 Å². The van der Waals surface area contributed by atoms with Gasteiger partial charge in [-0.25, -0.2) is 0 Å². The number of piperidine rings is 1. The van der Waals surface area contributed by atoms with E-state index in [2.05, 4.69) is 20.2 Å². The number of aromatic nitrogens is 5. The molecule has 34 heavy (non-hydrogen) atoms. The number of fused-ring (bicyclic) bond motifs is 1. The summed E-state index contributed by atoms with van der Waals surface area (Å²) in [6.07, 6.45) is -0.356. The zero-order valence-corrected chi connectivity index (χ0v) is 21.0. The summed E-state index contributed by atoms with van der Waals surface area (Å²) in [6.45, 7) is 4.96. The van der Waals surface area contributed by atoms with Gasteiger partial charge in [-0.15, -0.1) is 22.6 Å². The summed E-state index contributed by atoms with van der Waals surface area (Å²) in [5, 5.41) is 13.9. The predicted octanol–water partition coefficient (Wildman–Crippen LogP) is 4.72. The number of nitrogens with zero attached hydrogens (tertiary/aromatic N) is 6. The molecule has 2 aromatic heterocycles. The van der Waals surface area contributed by atoms with E-state index in [1.807, 2.05) is 36.5 Å². The Hall–Kier alpha value is -2.04. The third-order valence-corrected chi connectivity index (χ3v) is 8.27. The van der Waals surface area contributed by atoms with Crippen LogP contribution in [0.1, 0.15) is 29.7 Å². The number of hydrogen-bond acceptors (Lipinski definition) is 5. The Morgan fingerprint density at radius 1 is 1.15 bits per heavy atom. The van der Waals surface area contributed by atoms with Crippen LogP contribution in [-0.4, -0.2) is 54.8 Å². The van der Waals surface area contributed by atoms with Gasteiger partial charge in [0.05, 0.1) is 17.3 Å². The summed E-state index contributed by atoms with van der Waals surface area (Å²) in [7, 11) is 3.89. The quantitative estimate of drug-likeness (QED) is 0.339. The Morgan fingerprint density at radius 3 is 2.53 bits per heavy atom. The second-order valence-electron chi connectivity index (χ2n) is 9.20. The SMILES string of the molecule is Cc1c(-c2nnc(SCCCN3CC4CC4(c4ccc(C(F)(F)F)cc4)C3)n2C)cnn1C.Cl. The number of thioether (sulfide) groups is 1. The summed E-state index contributed by atoms with van der Waals surface area (Å²) in [4.78, 5) is 2.45. The minimum atomic E-state index is -4.28. The zero-order chi connectivity index (χ0) is 23.4. The van der Waals surface area contributed by atoms with Crippen molar-refractivity contribution in [3.8, 4) is 11.4 Å². The van der Waals surface area contributed by atoms with E-state index in [0.29, 0.717) is 5.92 Å².